The molecule has 4 nitrogen and oxygen atoms in total. The number of carbonyl (C=O) groups is 1. The zero-order valence-electron chi connectivity index (χ0n) is 12.8. The largest absolute Gasteiger partial charge is 0.352 e. The zero-order chi connectivity index (χ0) is 15.3. The Morgan fingerprint density at radius 3 is 2.52 bits per heavy atom. The Labute approximate surface area is 126 Å². The number of likely N-dealkylation sites (tertiary alicyclic amines) is 1. The number of hydrogen-bond donors (Lipinski definition) is 1. The summed E-state index contributed by atoms with van der Waals surface area (Å²) in [5.74, 6) is -0.161. The molecule has 2 rings (SSSR count). The number of benzene rings is 1. The second-order valence-electron chi connectivity index (χ2n) is 6.25. The number of nitrogens with one attached hydrogen (secondary N) is 1. The molecule has 0 atom stereocenters. The molecule has 0 radical (unpaired) electrons. The Bertz CT molecular complexity index is 511. The number of carbonyl (C=O) groups excluding carboxylic acids is 1. The minimum absolute atomic E-state index is 0.161. The van der Waals surface area contributed by atoms with Gasteiger partial charge in [0, 0.05) is 25.7 Å². The molecule has 0 aromatic heterocycles. The Balaban J connectivity index is 1.79. The second kappa shape index (κ2) is 6.73. The first kappa shape index (κ1) is 15.5. The first-order chi connectivity index (χ1) is 10.0. The Morgan fingerprint density at radius 2 is 1.95 bits per heavy atom. The zero-order valence-corrected chi connectivity index (χ0v) is 12.8. The van der Waals surface area contributed by atoms with Gasteiger partial charge in [-0.1, -0.05) is 30.3 Å². The molecule has 1 fully saturated rings. The monoisotopic (exact) mass is 285 g/mol. The van der Waals surface area contributed by atoms with E-state index in [2.05, 4.69) is 34.5 Å². The molecular formula is C17H23N3O. The molecule has 1 N–H and O–H groups in total. The van der Waals surface area contributed by atoms with Crippen LogP contribution in [0.25, 0.3) is 0 Å². The van der Waals surface area contributed by atoms with Crippen molar-refractivity contribution in [1.82, 2.24) is 10.2 Å². The quantitative estimate of drug-likeness (QED) is 0.923. The van der Waals surface area contributed by atoms with E-state index in [4.69, 9.17) is 5.26 Å². The number of rotatable bonds is 4. The fourth-order valence-electron chi connectivity index (χ4n) is 2.49. The van der Waals surface area contributed by atoms with Crippen LogP contribution in [0, 0.1) is 16.7 Å². The average molecular weight is 285 g/mol. The third-order valence-corrected chi connectivity index (χ3v) is 4.02. The van der Waals surface area contributed by atoms with Crippen molar-refractivity contribution in [3.8, 4) is 6.07 Å². The van der Waals surface area contributed by atoms with Gasteiger partial charge in [0.05, 0.1) is 6.07 Å². The van der Waals surface area contributed by atoms with E-state index in [1.807, 2.05) is 12.1 Å². The van der Waals surface area contributed by atoms with Crippen LogP contribution in [0.3, 0.4) is 0 Å². The number of amides is 1. The summed E-state index contributed by atoms with van der Waals surface area (Å²) in [5, 5.41) is 12.0. The first-order valence-electron chi connectivity index (χ1n) is 7.50. The predicted molar refractivity (Wildman–Crippen MR) is 82.3 cm³/mol. The lowest BCUT2D eigenvalue weighted by Gasteiger charge is -2.33. The molecule has 0 saturated carbocycles. The molecule has 1 aliphatic rings. The molecule has 1 amide bonds. The highest BCUT2D eigenvalue weighted by Gasteiger charge is 2.30. The van der Waals surface area contributed by atoms with Crippen molar-refractivity contribution < 1.29 is 4.79 Å². The number of hydrogen-bond acceptors (Lipinski definition) is 3. The maximum absolute atomic E-state index is 12.0. The molecule has 4 heteroatoms. The van der Waals surface area contributed by atoms with Gasteiger partial charge in [-0.05, 0) is 32.3 Å². The molecule has 0 aliphatic carbocycles. The first-order valence-corrected chi connectivity index (χ1v) is 7.50. The molecular weight excluding hydrogens is 262 g/mol. The summed E-state index contributed by atoms with van der Waals surface area (Å²) in [6, 6.07) is 12.7. The topological polar surface area (TPSA) is 56.1 Å². The highest BCUT2D eigenvalue weighted by Crippen LogP contribution is 2.17. The molecule has 0 spiro atoms. The van der Waals surface area contributed by atoms with Crippen LogP contribution in [0.2, 0.25) is 0 Å². The van der Waals surface area contributed by atoms with Gasteiger partial charge in [-0.3, -0.25) is 9.69 Å². The van der Waals surface area contributed by atoms with Crippen molar-refractivity contribution in [3.63, 3.8) is 0 Å². The summed E-state index contributed by atoms with van der Waals surface area (Å²) in [7, 11) is 0. The molecule has 1 aromatic rings. The number of nitrogens with zero attached hydrogens (tertiary/aromatic N) is 2. The van der Waals surface area contributed by atoms with Crippen LogP contribution in [0.5, 0.6) is 0 Å². The van der Waals surface area contributed by atoms with E-state index < -0.39 is 5.41 Å². The van der Waals surface area contributed by atoms with Crippen molar-refractivity contribution in [3.05, 3.63) is 35.9 Å². The van der Waals surface area contributed by atoms with Crippen molar-refractivity contribution in [1.29, 1.82) is 5.26 Å². The van der Waals surface area contributed by atoms with E-state index in [-0.39, 0.29) is 11.9 Å². The fraction of sp³-hybridized carbons (Fsp3) is 0.529. The Hall–Kier alpha value is -1.86. The molecule has 112 valence electrons. The van der Waals surface area contributed by atoms with Crippen LogP contribution in [0.15, 0.2) is 30.3 Å². The standard InChI is InChI=1S/C17H23N3O/c1-17(2,13-18)16(21)19-15-8-10-20(11-9-15)12-14-6-4-3-5-7-14/h3-7,15H,8-12H2,1-2H3,(H,19,21). The van der Waals surface area contributed by atoms with Gasteiger partial charge in [-0.15, -0.1) is 0 Å². The minimum atomic E-state index is -0.943. The van der Waals surface area contributed by atoms with Gasteiger partial charge < -0.3 is 5.32 Å². The maximum atomic E-state index is 12.0. The summed E-state index contributed by atoms with van der Waals surface area (Å²) in [6.07, 6.45) is 1.89. The van der Waals surface area contributed by atoms with Gasteiger partial charge >= 0.3 is 0 Å². The van der Waals surface area contributed by atoms with Crippen LogP contribution in [-0.4, -0.2) is 29.9 Å². The van der Waals surface area contributed by atoms with Gasteiger partial charge in [0.1, 0.15) is 5.41 Å². The van der Waals surface area contributed by atoms with Gasteiger partial charge in [0.2, 0.25) is 5.91 Å². The van der Waals surface area contributed by atoms with Gasteiger partial charge in [0.15, 0.2) is 0 Å². The Kier molecular flexibility index (Phi) is 4.98. The summed E-state index contributed by atoms with van der Waals surface area (Å²) in [5.41, 5.74) is 0.381. The predicted octanol–water partition coefficient (Wildman–Crippen LogP) is 2.32. The second-order valence-corrected chi connectivity index (χ2v) is 6.25. The Morgan fingerprint density at radius 1 is 1.33 bits per heavy atom. The third kappa shape index (κ3) is 4.30. The SMILES string of the molecule is CC(C)(C#N)C(=O)NC1CCN(Cc2ccccc2)CC1. The molecule has 0 unspecified atom stereocenters. The lowest BCUT2D eigenvalue weighted by atomic mass is 9.93. The summed E-state index contributed by atoms with van der Waals surface area (Å²) in [4.78, 5) is 14.4. The number of piperidine rings is 1. The van der Waals surface area contributed by atoms with E-state index in [9.17, 15) is 4.79 Å². The summed E-state index contributed by atoms with van der Waals surface area (Å²) in [6.45, 7) is 6.24. The molecule has 1 aliphatic heterocycles. The number of nitriles is 1. The van der Waals surface area contributed by atoms with E-state index in [1.165, 1.54) is 5.56 Å². The molecule has 1 heterocycles. The van der Waals surface area contributed by atoms with Gasteiger partial charge in [-0.2, -0.15) is 5.26 Å². The normalized spacial score (nSPS) is 17.2. The van der Waals surface area contributed by atoms with E-state index >= 15 is 0 Å². The van der Waals surface area contributed by atoms with Crippen molar-refractivity contribution >= 4 is 5.91 Å². The highest BCUT2D eigenvalue weighted by atomic mass is 16.2. The van der Waals surface area contributed by atoms with E-state index in [0.717, 1.165) is 32.5 Å². The van der Waals surface area contributed by atoms with E-state index in [1.54, 1.807) is 13.8 Å². The van der Waals surface area contributed by atoms with Crippen LogP contribution >= 0.6 is 0 Å². The van der Waals surface area contributed by atoms with E-state index in [0.29, 0.717) is 0 Å². The highest BCUT2D eigenvalue weighted by molar-refractivity contribution is 5.84. The minimum Gasteiger partial charge on any atom is -0.352 e. The molecule has 21 heavy (non-hydrogen) atoms. The lowest BCUT2D eigenvalue weighted by Crippen LogP contribution is -2.47. The van der Waals surface area contributed by atoms with Gasteiger partial charge in [-0.25, -0.2) is 0 Å². The van der Waals surface area contributed by atoms with Crippen LogP contribution < -0.4 is 5.32 Å². The van der Waals surface area contributed by atoms with Crippen molar-refractivity contribution in [2.24, 2.45) is 5.41 Å². The summed E-state index contributed by atoms with van der Waals surface area (Å²) >= 11 is 0. The lowest BCUT2D eigenvalue weighted by molar-refractivity contribution is -0.127. The van der Waals surface area contributed by atoms with Crippen LogP contribution in [0.4, 0.5) is 0 Å². The van der Waals surface area contributed by atoms with Crippen LogP contribution in [0.1, 0.15) is 32.3 Å². The summed E-state index contributed by atoms with van der Waals surface area (Å²) < 4.78 is 0. The van der Waals surface area contributed by atoms with Crippen molar-refractivity contribution in [2.75, 3.05) is 13.1 Å². The third-order valence-electron chi connectivity index (χ3n) is 4.02. The average Bonchev–Trinajstić information content (AvgIpc) is 2.50. The van der Waals surface area contributed by atoms with Crippen molar-refractivity contribution in [2.45, 2.75) is 39.3 Å². The van der Waals surface area contributed by atoms with Gasteiger partial charge in [0.25, 0.3) is 0 Å². The van der Waals surface area contributed by atoms with Crippen LogP contribution in [-0.2, 0) is 11.3 Å². The fourth-order valence-corrected chi connectivity index (χ4v) is 2.49. The smallest absolute Gasteiger partial charge is 0.240 e. The molecule has 0 bridgehead atoms. The molecule has 1 saturated heterocycles. The molecule has 1 aromatic carbocycles. The maximum Gasteiger partial charge on any atom is 0.240 e.